The lowest BCUT2D eigenvalue weighted by Crippen LogP contribution is -2.44. The molecule has 4 heterocycles. The molecule has 1 saturated heterocycles. The van der Waals surface area contributed by atoms with Gasteiger partial charge in [0.05, 0.1) is 18.3 Å². The van der Waals surface area contributed by atoms with Gasteiger partial charge in [-0.15, -0.1) is 10.2 Å². The number of piperazine rings is 1. The second-order valence-electron chi connectivity index (χ2n) is 10.5. The van der Waals surface area contributed by atoms with Crippen LogP contribution in [0.25, 0.3) is 5.69 Å². The van der Waals surface area contributed by atoms with Gasteiger partial charge in [-0.1, -0.05) is 31.9 Å². The molecule has 2 aromatic heterocycles. The number of anilines is 3. The van der Waals surface area contributed by atoms with Crippen molar-refractivity contribution in [2.75, 3.05) is 48.3 Å². The van der Waals surface area contributed by atoms with Gasteiger partial charge in [0.1, 0.15) is 12.0 Å². The molecule has 3 aromatic rings. The number of hydrogen-bond acceptors (Lipinski definition) is 8. The Labute approximate surface area is 213 Å². The third kappa shape index (κ3) is 4.19. The molecular weight excluding hydrogens is 450 g/mol. The molecule has 0 amide bonds. The number of nitrogens with zero attached hydrogens (tertiary/aromatic N) is 8. The van der Waals surface area contributed by atoms with Crippen LogP contribution in [0.5, 0.6) is 0 Å². The molecule has 1 aliphatic carbocycles. The van der Waals surface area contributed by atoms with E-state index in [1.165, 1.54) is 36.9 Å². The number of rotatable bonds is 6. The summed E-state index contributed by atoms with van der Waals surface area (Å²) in [6.45, 7) is 8.79. The highest BCUT2D eigenvalue weighted by Crippen LogP contribution is 2.42. The Balaban J connectivity index is 1.24. The fourth-order valence-corrected chi connectivity index (χ4v) is 6.03. The highest BCUT2D eigenvalue weighted by Gasteiger charge is 2.38. The van der Waals surface area contributed by atoms with Crippen molar-refractivity contribution >= 4 is 17.5 Å². The summed E-state index contributed by atoms with van der Waals surface area (Å²) in [5.41, 5.74) is 3.50. The van der Waals surface area contributed by atoms with Crippen molar-refractivity contribution in [3.8, 4) is 5.69 Å². The minimum atomic E-state index is 0.0977. The van der Waals surface area contributed by atoms with Crippen molar-refractivity contribution in [3.05, 3.63) is 48.2 Å². The molecule has 36 heavy (non-hydrogen) atoms. The van der Waals surface area contributed by atoms with Crippen LogP contribution < -0.4 is 15.1 Å². The number of aromatic nitrogens is 5. The van der Waals surface area contributed by atoms with Gasteiger partial charge >= 0.3 is 0 Å². The van der Waals surface area contributed by atoms with Crippen molar-refractivity contribution in [2.24, 2.45) is 0 Å². The number of likely N-dealkylation sites (N-methyl/N-ethyl adjacent to an activating group) is 1. The third-order valence-electron chi connectivity index (χ3n) is 8.17. The minimum absolute atomic E-state index is 0.0977. The van der Waals surface area contributed by atoms with E-state index >= 15 is 0 Å². The lowest BCUT2D eigenvalue weighted by Gasteiger charge is -2.40. The molecule has 2 fully saturated rings. The van der Waals surface area contributed by atoms with E-state index in [0.717, 1.165) is 49.9 Å². The van der Waals surface area contributed by atoms with E-state index in [1.807, 2.05) is 6.20 Å². The van der Waals surface area contributed by atoms with Crippen LogP contribution in [0.4, 0.5) is 17.5 Å². The predicted molar refractivity (Wildman–Crippen MR) is 143 cm³/mol. The van der Waals surface area contributed by atoms with E-state index in [1.54, 1.807) is 6.33 Å². The summed E-state index contributed by atoms with van der Waals surface area (Å²) in [7, 11) is 2.19. The van der Waals surface area contributed by atoms with Crippen LogP contribution in [-0.2, 0) is 0 Å². The average Bonchev–Trinajstić information content (AvgIpc) is 3.61. The summed E-state index contributed by atoms with van der Waals surface area (Å²) in [4.78, 5) is 17.2. The van der Waals surface area contributed by atoms with Crippen LogP contribution >= 0.6 is 0 Å². The summed E-state index contributed by atoms with van der Waals surface area (Å²) < 4.78 is 2.07. The fourth-order valence-electron chi connectivity index (χ4n) is 6.03. The normalized spacial score (nSPS) is 21.4. The van der Waals surface area contributed by atoms with Crippen LogP contribution in [0.15, 0.2) is 36.8 Å². The van der Waals surface area contributed by atoms with Crippen molar-refractivity contribution < 1.29 is 0 Å². The maximum absolute atomic E-state index is 5.09. The number of nitrogens with one attached hydrogen (secondary N) is 1. The summed E-state index contributed by atoms with van der Waals surface area (Å²) in [6.07, 6.45) is 9.64. The molecule has 9 heteroatoms. The van der Waals surface area contributed by atoms with Crippen molar-refractivity contribution in [3.63, 3.8) is 0 Å². The molecule has 6 rings (SSSR count). The maximum Gasteiger partial charge on any atom is 0.225 e. The van der Waals surface area contributed by atoms with E-state index in [4.69, 9.17) is 9.97 Å². The lowest BCUT2D eigenvalue weighted by atomic mass is 10.0. The molecule has 1 N–H and O–H groups in total. The van der Waals surface area contributed by atoms with Gasteiger partial charge in [-0.05, 0) is 50.9 Å². The second kappa shape index (κ2) is 9.69. The highest BCUT2D eigenvalue weighted by molar-refractivity contribution is 5.63. The standard InChI is InChI=1S/C27H37N9/c1-4-23-26-32-29-18-35(26)24-17-28-27(31-25(24)36(23)22-7-5-6-8-22)30-19(2)20-9-11-21(12-10-20)34-15-13-33(3)14-16-34/h9-12,17-19,22-23H,4-8,13-16H2,1-3H3,(H,28,30,31)/t19?,23-/m1/s1. The first kappa shape index (κ1) is 23.2. The van der Waals surface area contributed by atoms with Crippen molar-refractivity contribution in [2.45, 2.75) is 64.1 Å². The van der Waals surface area contributed by atoms with E-state index in [2.05, 4.69) is 79.9 Å². The molecule has 1 aromatic carbocycles. The summed E-state index contributed by atoms with van der Waals surface area (Å²) in [6, 6.07) is 9.71. The zero-order valence-electron chi connectivity index (χ0n) is 21.6. The molecule has 0 radical (unpaired) electrons. The first-order valence-corrected chi connectivity index (χ1v) is 13.5. The Bertz CT molecular complexity index is 1180. The second-order valence-corrected chi connectivity index (χ2v) is 10.5. The molecule has 2 atom stereocenters. The average molecular weight is 488 g/mol. The van der Waals surface area contributed by atoms with Gasteiger partial charge in [0.15, 0.2) is 11.6 Å². The van der Waals surface area contributed by atoms with Crippen molar-refractivity contribution in [1.29, 1.82) is 0 Å². The van der Waals surface area contributed by atoms with Crippen LogP contribution in [0, 0.1) is 0 Å². The molecule has 3 aliphatic rings. The SMILES string of the molecule is CC[C@@H]1c2nncn2-c2cnc(NC(C)c3ccc(N4CCN(C)CC4)cc3)nc2N1C1CCCC1. The first-order chi connectivity index (χ1) is 17.6. The number of hydrogen-bond donors (Lipinski definition) is 1. The first-order valence-electron chi connectivity index (χ1n) is 13.5. The molecule has 0 bridgehead atoms. The third-order valence-corrected chi connectivity index (χ3v) is 8.17. The molecule has 9 nitrogen and oxygen atoms in total. The van der Waals surface area contributed by atoms with Crippen LogP contribution in [0.1, 0.15) is 69.4 Å². The Morgan fingerprint density at radius 3 is 2.53 bits per heavy atom. The van der Waals surface area contributed by atoms with E-state index in [-0.39, 0.29) is 12.1 Å². The smallest absolute Gasteiger partial charge is 0.225 e. The monoisotopic (exact) mass is 487 g/mol. The Morgan fingerprint density at radius 1 is 1.06 bits per heavy atom. The summed E-state index contributed by atoms with van der Waals surface area (Å²) >= 11 is 0. The van der Waals surface area contributed by atoms with Gasteiger partial charge < -0.3 is 20.0 Å². The molecule has 1 unspecified atom stereocenters. The largest absolute Gasteiger partial charge is 0.369 e. The minimum Gasteiger partial charge on any atom is -0.369 e. The van der Waals surface area contributed by atoms with Gasteiger partial charge in [-0.3, -0.25) is 4.57 Å². The highest BCUT2D eigenvalue weighted by atomic mass is 15.4. The topological polar surface area (TPSA) is 78.2 Å². The van der Waals surface area contributed by atoms with Gasteiger partial charge in [0, 0.05) is 37.9 Å². The Hall–Kier alpha value is -3.20. The number of benzene rings is 1. The predicted octanol–water partition coefficient (Wildman–Crippen LogP) is 4.20. The van der Waals surface area contributed by atoms with Crippen LogP contribution in [-0.4, -0.2) is 68.9 Å². The molecule has 2 aliphatic heterocycles. The van der Waals surface area contributed by atoms with Gasteiger partial charge in [-0.25, -0.2) is 4.98 Å². The zero-order chi connectivity index (χ0) is 24.6. The maximum atomic E-state index is 5.09. The number of fused-ring (bicyclic) bond motifs is 3. The molecule has 190 valence electrons. The van der Waals surface area contributed by atoms with Crippen LogP contribution in [0.3, 0.4) is 0 Å². The molecular formula is C27H37N9. The molecule has 1 saturated carbocycles. The van der Waals surface area contributed by atoms with E-state index in [0.29, 0.717) is 12.0 Å². The van der Waals surface area contributed by atoms with Gasteiger partial charge in [0.2, 0.25) is 5.95 Å². The van der Waals surface area contributed by atoms with Crippen LogP contribution in [0.2, 0.25) is 0 Å². The summed E-state index contributed by atoms with van der Waals surface area (Å²) in [5, 5.41) is 12.3. The fraction of sp³-hybridized carbons (Fsp3) is 0.556. The van der Waals surface area contributed by atoms with E-state index in [9.17, 15) is 0 Å². The van der Waals surface area contributed by atoms with Gasteiger partial charge in [-0.2, -0.15) is 4.98 Å². The van der Waals surface area contributed by atoms with E-state index < -0.39 is 0 Å². The Morgan fingerprint density at radius 2 is 1.81 bits per heavy atom. The van der Waals surface area contributed by atoms with Crippen molar-refractivity contribution in [1.82, 2.24) is 29.6 Å². The molecule has 0 spiro atoms. The zero-order valence-corrected chi connectivity index (χ0v) is 21.6. The van der Waals surface area contributed by atoms with Gasteiger partial charge in [0.25, 0.3) is 0 Å². The Kier molecular flexibility index (Phi) is 6.25. The quantitative estimate of drug-likeness (QED) is 0.554. The lowest BCUT2D eigenvalue weighted by molar-refractivity contribution is 0.313. The summed E-state index contributed by atoms with van der Waals surface area (Å²) in [5.74, 6) is 2.66.